The van der Waals surface area contributed by atoms with E-state index < -0.39 is 0 Å². The Morgan fingerprint density at radius 3 is 2.84 bits per heavy atom. The Morgan fingerprint density at radius 1 is 1.32 bits per heavy atom. The van der Waals surface area contributed by atoms with Crippen molar-refractivity contribution in [1.29, 1.82) is 0 Å². The van der Waals surface area contributed by atoms with E-state index in [2.05, 4.69) is 20.2 Å². The Labute approximate surface area is 147 Å². The fraction of sp³-hybridized carbons (Fsp3) is 0.421. The van der Waals surface area contributed by atoms with E-state index in [1.807, 2.05) is 6.92 Å². The molecule has 1 N–H and O–H groups in total. The van der Waals surface area contributed by atoms with Crippen LogP contribution in [0.2, 0.25) is 0 Å². The number of hydrogen-bond acceptors (Lipinski definition) is 4. The van der Waals surface area contributed by atoms with Gasteiger partial charge in [-0.1, -0.05) is 25.1 Å². The molecule has 2 aromatic rings. The van der Waals surface area contributed by atoms with Crippen molar-refractivity contribution in [2.45, 2.75) is 32.2 Å². The Bertz CT molecular complexity index is 710. The highest BCUT2D eigenvalue weighted by Gasteiger charge is 2.25. The highest BCUT2D eigenvalue weighted by Crippen LogP contribution is 2.17. The van der Waals surface area contributed by atoms with Gasteiger partial charge >= 0.3 is 0 Å². The van der Waals surface area contributed by atoms with Crippen LogP contribution in [0.5, 0.6) is 0 Å². The number of hydrogen-bond donors (Lipinski definition) is 1. The van der Waals surface area contributed by atoms with E-state index in [4.69, 9.17) is 0 Å². The molecule has 5 nitrogen and oxygen atoms in total. The van der Waals surface area contributed by atoms with E-state index in [1.54, 1.807) is 36.7 Å². The summed E-state index contributed by atoms with van der Waals surface area (Å²) in [6, 6.07) is 8.46. The molecule has 1 fully saturated rings. The van der Waals surface area contributed by atoms with Crippen LogP contribution in [0.25, 0.3) is 0 Å². The maximum atomic E-state index is 13.8. The second-order valence-corrected chi connectivity index (χ2v) is 6.54. The van der Waals surface area contributed by atoms with E-state index in [-0.39, 0.29) is 23.7 Å². The van der Waals surface area contributed by atoms with Crippen LogP contribution in [0, 0.1) is 11.7 Å². The zero-order valence-electron chi connectivity index (χ0n) is 14.4. The van der Waals surface area contributed by atoms with Crippen LogP contribution in [0.3, 0.4) is 0 Å². The lowest BCUT2D eigenvalue weighted by atomic mass is 9.98. The topological polar surface area (TPSA) is 58.1 Å². The number of anilines is 1. The highest BCUT2D eigenvalue weighted by atomic mass is 19.1. The zero-order chi connectivity index (χ0) is 17.6. The first-order valence-corrected chi connectivity index (χ1v) is 8.69. The molecule has 1 amide bonds. The zero-order valence-corrected chi connectivity index (χ0v) is 14.4. The number of nitrogens with one attached hydrogen (secondary N) is 1. The molecule has 132 valence electrons. The molecular formula is C19H23FN4O. The molecule has 0 saturated carbocycles. The second kappa shape index (κ2) is 8.05. The normalized spacial score (nSPS) is 18.6. The van der Waals surface area contributed by atoms with Crippen LogP contribution in [0.1, 0.15) is 25.3 Å². The lowest BCUT2D eigenvalue weighted by Gasteiger charge is -2.33. The van der Waals surface area contributed by atoms with E-state index >= 15 is 0 Å². The Morgan fingerprint density at radius 2 is 2.08 bits per heavy atom. The number of carbonyl (C=O) groups is 1. The van der Waals surface area contributed by atoms with E-state index in [1.165, 1.54) is 6.07 Å². The van der Waals surface area contributed by atoms with Crippen molar-refractivity contribution >= 4 is 11.9 Å². The Kier molecular flexibility index (Phi) is 5.58. The minimum absolute atomic E-state index is 0.0379. The predicted octanol–water partition coefficient (Wildman–Crippen LogP) is 2.58. The fourth-order valence-electron chi connectivity index (χ4n) is 3.16. The first-order valence-electron chi connectivity index (χ1n) is 8.69. The van der Waals surface area contributed by atoms with Crippen LogP contribution >= 0.6 is 0 Å². The molecule has 1 saturated heterocycles. The van der Waals surface area contributed by atoms with Crippen LogP contribution < -0.4 is 10.2 Å². The van der Waals surface area contributed by atoms with E-state index in [0.717, 1.165) is 19.4 Å². The van der Waals surface area contributed by atoms with Crippen molar-refractivity contribution < 1.29 is 9.18 Å². The second-order valence-electron chi connectivity index (χ2n) is 6.54. The van der Waals surface area contributed by atoms with Gasteiger partial charge in [0.05, 0.1) is 0 Å². The number of carbonyl (C=O) groups excluding carboxylic acids is 1. The minimum Gasteiger partial charge on any atom is -0.351 e. The van der Waals surface area contributed by atoms with Gasteiger partial charge in [0.1, 0.15) is 5.82 Å². The lowest BCUT2D eigenvalue weighted by Crippen LogP contribution is -2.49. The lowest BCUT2D eigenvalue weighted by molar-refractivity contribution is -0.125. The SMILES string of the molecule is C[C@@H](Cc1ccccc1F)C(=O)N[C@H]1CCCN(c2ncccn2)C1. The summed E-state index contributed by atoms with van der Waals surface area (Å²) in [7, 11) is 0. The third-order valence-corrected chi connectivity index (χ3v) is 4.53. The molecule has 0 bridgehead atoms. The van der Waals surface area contributed by atoms with Crippen molar-refractivity contribution in [3.05, 3.63) is 54.1 Å². The summed E-state index contributed by atoms with van der Waals surface area (Å²) in [5.74, 6) is 0.123. The summed E-state index contributed by atoms with van der Waals surface area (Å²) in [4.78, 5) is 23.1. The van der Waals surface area contributed by atoms with Crippen molar-refractivity contribution in [2.24, 2.45) is 5.92 Å². The van der Waals surface area contributed by atoms with Gasteiger partial charge in [0.25, 0.3) is 0 Å². The fourth-order valence-corrected chi connectivity index (χ4v) is 3.16. The van der Waals surface area contributed by atoms with Gasteiger partial charge in [-0.3, -0.25) is 4.79 Å². The minimum atomic E-state index is -0.278. The molecule has 2 heterocycles. The van der Waals surface area contributed by atoms with Crippen LogP contribution in [-0.2, 0) is 11.2 Å². The molecule has 3 rings (SSSR count). The highest BCUT2D eigenvalue weighted by molar-refractivity contribution is 5.79. The summed E-state index contributed by atoms with van der Waals surface area (Å²) in [5, 5.41) is 3.10. The van der Waals surface area contributed by atoms with E-state index in [9.17, 15) is 9.18 Å². The first-order chi connectivity index (χ1) is 12.1. The number of rotatable bonds is 5. The summed E-state index contributed by atoms with van der Waals surface area (Å²) in [5.41, 5.74) is 0.577. The van der Waals surface area contributed by atoms with Gasteiger partial charge in [-0.05, 0) is 37.0 Å². The molecule has 1 aliphatic heterocycles. The Balaban J connectivity index is 1.56. The average Bonchev–Trinajstić information content (AvgIpc) is 2.64. The third kappa shape index (κ3) is 4.53. The molecule has 0 radical (unpaired) electrons. The van der Waals surface area contributed by atoms with Crippen LogP contribution in [0.4, 0.5) is 10.3 Å². The summed E-state index contributed by atoms with van der Waals surface area (Å²) >= 11 is 0. The van der Waals surface area contributed by atoms with Crippen LogP contribution in [0.15, 0.2) is 42.7 Å². The quantitative estimate of drug-likeness (QED) is 0.907. The van der Waals surface area contributed by atoms with Gasteiger partial charge in [-0.2, -0.15) is 0 Å². The maximum Gasteiger partial charge on any atom is 0.225 e. The van der Waals surface area contributed by atoms with Crippen LogP contribution in [-0.4, -0.2) is 35.0 Å². The molecule has 0 unspecified atom stereocenters. The number of aromatic nitrogens is 2. The number of halogens is 1. The summed E-state index contributed by atoms with van der Waals surface area (Å²) in [6.45, 7) is 3.42. The van der Waals surface area contributed by atoms with Gasteiger partial charge in [0.15, 0.2) is 0 Å². The van der Waals surface area contributed by atoms with Gasteiger partial charge in [0.2, 0.25) is 11.9 Å². The van der Waals surface area contributed by atoms with Gasteiger partial charge in [-0.25, -0.2) is 14.4 Å². The standard InChI is InChI=1S/C19H23FN4O/c1-14(12-15-6-2-3-8-17(15)20)18(25)23-16-7-4-11-24(13-16)19-21-9-5-10-22-19/h2-3,5-6,8-10,14,16H,4,7,11-13H2,1H3,(H,23,25)/t14-,16-/m0/s1. The van der Waals surface area contributed by atoms with Gasteiger partial charge < -0.3 is 10.2 Å². The molecule has 6 heteroatoms. The number of amides is 1. The molecule has 1 aromatic heterocycles. The molecule has 1 aliphatic rings. The largest absolute Gasteiger partial charge is 0.351 e. The van der Waals surface area contributed by atoms with E-state index in [0.29, 0.717) is 24.5 Å². The van der Waals surface area contributed by atoms with Gasteiger partial charge in [0, 0.05) is 37.4 Å². The molecular weight excluding hydrogens is 319 g/mol. The van der Waals surface area contributed by atoms with Crippen molar-refractivity contribution in [3.8, 4) is 0 Å². The van der Waals surface area contributed by atoms with Crippen molar-refractivity contribution in [2.75, 3.05) is 18.0 Å². The molecule has 0 spiro atoms. The molecule has 1 aromatic carbocycles. The number of nitrogens with zero attached hydrogens (tertiary/aromatic N) is 3. The summed E-state index contributed by atoms with van der Waals surface area (Å²) in [6.07, 6.45) is 5.76. The smallest absolute Gasteiger partial charge is 0.225 e. The average molecular weight is 342 g/mol. The van der Waals surface area contributed by atoms with Crippen molar-refractivity contribution in [1.82, 2.24) is 15.3 Å². The predicted molar refractivity (Wildman–Crippen MR) is 94.7 cm³/mol. The first kappa shape index (κ1) is 17.3. The Hall–Kier alpha value is -2.50. The van der Waals surface area contributed by atoms with Gasteiger partial charge in [-0.15, -0.1) is 0 Å². The number of benzene rings is 1. The molecule has 25 heavy (non-hydrogen) atoms. The van der Waals surface area contributed by atoms with Crippen molar-refractivity contribution in [3.63, 3.8) is 0 Å². The molecule has 0 aliphatic carbocycles. The number of piperidine rings is 1. The third-order valence-electron chi connectivity index (χ3n) is 4.53. The summed E-state index contributed by atoms with van der Waals surface area (Å²) < 4.78 is 13.8. The monoisotopic (exact) mass is 342 g/mol. The maximum absolute atomic E-state index is 13.8. The molecule has 2 atom stereocenters.